The second-order valence-electron chi connectivity index (χ2n) is 5.20. The summed E-state index contributed by atoms with van der Waals surface area (Å²) in [4.78, 5) is 11.4. The van der Waals surface area contributed by atoms with Crippen molar-refractivity contribution in [3.8, 4) is 0 Å². The minimum Gasteiger partial charge on any atom is -0.399 e. The first kappa shape index (κ1) is 15.1. The lowest BCUT2D eigenvalue weighted by Gasteiger charge is -2.21. The maximum atomic E-state index is 12.5. The first-order valence-electron chi connectivity index (χ1n) is 6.02. The summed E-state index contributed by atoms with van der Waals surface area (Å²) < 4.78 is 26.3. The Bertz CT molecular complexity index is 662. The van der Waals surface area contributed by atoms with Gasteiger partial charge < -0.3 is 11.5 Å². The molecule has 1 saturated heterocycles. The molecular weight excluding hydrogens is 302 g/mol. The summed E-state index contributed by atoms with van der Waals surface area (Å²) in [5, 5.41) is 0.0673. The zero-order valence-corrected chi connectivity index (χ0v) is 12.5. The van der Waals surface area contributed by atoms with Crippen molar-refractivity contribution in [3.63, 3.8) is 0 Å². The smallest absolute Gasteiger partial charge is 0.244 e. The van der Waals surface area contributed by atoms with E-state index < -0.39 is 21.3 Å². The number of hydrogen-bond donors (Lipinski definition) is 2. The Morgan fingerprint density at radius 3 is 2.60 bits per heavy atom. The van der Waals surface area contributed by atoms with Crippen LogP contribution in [0.25, 0.3) is 0 Å². The first-order valence-corrected chi connectivity index (χ1v) is 7.84. The van der Waals surface area contributed by atoms with E-state index in [1.54, 1.807) is 6.92 Å². The van der Waals surface area contributed by atoms with Crippen molar-refractivity contribution in [2.45, 2.75) is 18.2 Å². The molecule has 1 aliphatic heterocycles. The van der Waals surface area contributed by atoms with Gasteiger partial charge in [0.2, 0.25) is 15.9 Å². The summed E-state index contributed by atoms with van der Waals surface area (Å²) in [6, 6.07) is 4.23. The number of nitrogen functional groups attached to an aromatic ring is 1. The molecular formula is C12H16ClN3O3S. The van der Waals surface area contributed by atoms with Gasteiger partial charge in [0.15, 0.2) is 0 Å². The Morgan fingerprint density at radius 1 is 1.45 bits per heavy atom. The summed E-state index contributed by atoms with van der Waals surface area (Å²) in [7, 11) is -3.75. The van der Waals surface area contributed by atoms with Crippen LogP contribution in [0.4, 0.5) is 5.69 Å². The van der Waals surface area contributed by atoms with Gasteiger partial charge in [-0.05, 0) is 31.5 Å². The average molecular weight is 318 g/mol. The Labute approximate surface area is 122 Å². The van der Waals surface area contributed by atoms with Gasteiger partial charge in [-0.25, -0.2) is 8.42 Å². The molecule has 1 heterocycles. The largest absolute Gasteiger partial charge is 0.399 e. The zero-order valence-electron chi connectivity index (χ0n) is 11.0. The molecule has 0 saturated carbocycles. The van der Waals surface area contributed by atoms with Crippen LogP contribution in [-0.4, -0.2) is 31.7 Å². The molecule has 1 atom stereocenters. The van der Waals surface area contributed by atoms with E-state index in [-0.39, 0.29) is 23.0 Å². The van der Waals surface area contributed by atoms with Crippen LogP contribution >= 0.6 is 11.6 Å². The van der Waals surface area contributed by atoms with Crippen molar-refractivity contribution >= 4 is 33.2 Å². The lowest BCUT2D eigenvalue weighted by molar-refractivity contribution is -0.126. The SMILES string of the molecule is CC1(C(N)=O)CCN(S(=O)(=O)c2ccc(N)cc2Cl)C1. The van der Waals surface area contributed by atoms with E-state index in [1.807, 2.05) is 0 Å². The number of carbonyl (C=O) groups excluding carboxylic acids is 1. The third kappa shape index (κ3) is 2.48. The van der Waals surface area contributed by atoms with Gasteiger partial charge in [-0.1, -0.05) is 11.6 Å². The van der Waals surface area contributed by atoms with E-state index in [1.165, 1.54) is 22.5 Å². The number of primary amides is 1. The Kier molecular flexibility index (Phi) is 3.70. The molecule has 0 spiro atoms. The number of anilines is 1. The van der Waals surface area contributed by atoms with Gasteiger partial charge in [0.25, 0.3) is 0 Å². The molecule has 1 amide bonds. The fraction of sp³-hybridized carbons (Fsp3) is 0.417. The Hall–Kier alpha value is -1.31. The molecule has 110 valence electrons. The standard InChI is InChI=1S/C12H16ClN3O3S/c1-12(11(15)17)4-5-16(7-12)20(18,19)10-3-2-8(14)6-9(10)13/h2-3,6H,4-5,7,14H2,1H3,(H2,15,17). The van der Waals surface area contributed by atoms with Crippen molar-refractivity contribution in [2.75, 3.05) is 18.8 Å². The molecule has 1 aromatic rings. The van der Waals surface area contributed by atoms with E-state index in [4.69, 9.17) is 23.1 Å². The van der Waals surface area contributed by atoms with Crippen molar-refractivity contribution in [3.05, 3.63) is 23.2 Å². The minimum absolute atomic E-state index is 0.0120. The minimum atomic E-state index is -3.75. The number of halogens is 1. The van der Waals surface area contributed by atoms with Crippen LogP contribution in [0.15, 0.2) is 23.1 Å². The number of rotatable bonds is 3. The summed E-state index contributed by atoms with van der Waals surface area (Å²) in [5.74, 6) is -0.501. The van der Waals surface area contributed by atoms with Crippen LogP contribution in [0, 0.1) is 5.41 Å². The highest BCUT2D eigenvalue weighted by molar-refractivity contribution is 7.89. The molecule has 1 aromatic carbocycles. The Balaban J connectivity index is 2.35. The van der Waals surface area contributed by atoms with Crippen LogP contribution in [0.1, 0.15) is 13.3 Å². The zero-order chi connectivity index (χ0) is 15.1. The third-order valence-corrected chi connectivity index (χ3v) is 5.94. The van der Waals surface area contributed by atoms with Gasteiger partial charge in [0.05, 0.1) is 10.4 Å². The number of carbonyl (C=O) groups is 1. The van der Waals surface area contributed by atoms with Crippen LogP contribution in [0.3, 0.4) is 0 Å². The molecule has 1 unspecified atom stereocenters. The summed E-state index contributed by atoms with van der Waals surface area (Å²) in [6.07, 6.45) is 0.397. The van der Waals surface area contributed by atoms with Gasteiger partial charge in [-0.2, -0.15) is 4.31 Å². The van der Waals surface area contributed by atoms with Crippen LogP contribution < -0.4 is 11.5 Å². The van der Waals surface area contributed by atoms with Crippen LogP contribution in [0.5, 0.6) is 0 Å². The molecule has 6 nitrogen and oxygen atoms in total. The summed E-state index contributed by atoms with van der Waals surface area (Å²) >= 11 is 5.95. The fourth-order valence-corrected chi connectivity index (χ4v) is 4.28. The van der Waals surface area contributed by atoms with Gasteiger partial charge in [-0.3, -0.25) is 4.79 Å². The summed E-state index contributed by atoms with van der Waals surface area (Å²) in [6.45, 7) is 1.96. The van der Waals surface area contributed by atoms with Gasteiger partial charge in [-0.15, -0.1) is 0 Å². The van der Waals surface area contributed by atoms with Gasteiger partial charge >= 0.3 is 0 Å². The monoisotopic (exact) mass is 317 g/mol. The topological polar surface area (TPSA) is 106 Å². The molecule has 0 radical (unpaired) electrons. The van der Waals surface area contributed by atoms with Gasteiger partial charge in [0.1, 0.15) is 4.90 Å². The number of nitrogens with zero attached hydrogens (tertiary/aromatic N) is 1. The normalized spacial score (nSPS) is 23.9. The highest BCUT2D eigenvalue weighted by Gasteiger charge is 2.44. The molecule has 20 heavy (non-hydrogen) atoms. The first-order chi connectivity index (χ1) is 9.17. The molecule has 4 N–H and O–H groups in total. The highest BCUT2D eigenvalue weighted by Crippen LogP contribution is 2.35. The van der Waals surface area contributed by atoms with Crippen LogP contribution in [0.2, 0.25) is 5.02 Å². The maximum absolute atomic E-state index is 12.5. The second kappa shape index (κ2) is 4.91. The average Bonchev–Trinajstić information content (AvgIpc) is 2.73. The number of benzene rings is 1. The van der Waals surface area contributed by atoms with E-state index in [0.717, 1.165) is 0 Å². The Morgan fingerprint density at radius 2 is 2.10 bits per heavy atom. The van der Waals surface area contributed by atoms with Crippen LogP contribution in [-0.2, 0) is 14.8 Å². The van der Waals surface area contributed by atoms with E-state index in [9.17, 15) is 13.2 Å². The molecule has 0 aromatic heterocycles. The molecule has 1 aliphatic rings. The second-order valence-corrected chi connectivity index (χ2v) is 7.52. The predicted octanol–water partition coefficient (Wildman–Crippen LogP) is 0.808. The molecule has 2 rings (SSSR count). The third-order valence-electron chi connectivity index (χ3n) is 3.61. The van der Waals surface area contributed by atoms with E-state index in [0.29, 0.717) is 12.1 Å². The lowest BCUT2D eigenvalue weighted by Crippen LogP contribution is -2.38. The van der Waals surface area contributed by atoms with Crippen molar-refractivity contribution in [2.24, 2.45) is 11.1 Å². The molecule has 8 heteroatoms. The molecule has 0 bridgehead atoms. The number of nitrogens with two attached hydrogens (primary N) is 2. The van der Waals surface area contributed by atoms with Crippen molar-refractivity contribution in [1.82, 2.24) is 4.31 Å². The highest BCUT2D eigenvalue weighted by atomic mass is 35.5. The van der Waals surface area contributed by atoms with Crippen molar-refractivity contribution < 1.29 is 13.2 Å². The summed E-state index contributed by atoms with van der Waals surface area (Å²) in [5.41, 5.74) is 10.4. The molecule has 1 fully saturated rings. The fourth-order valence-electron chi connectivity index (χ4n) is 2.19. The molecule has 0 aliphatic carbocycles. The van der Waals surface area contributed by atoms with Gasteiger partial charge in [0, 0.05) is 18.8 Å². The quantitative estimate of drug-likeness (QED) is 0.804. The van der Waals surface area contributed by atoms with E-state index in [2.05, 4.69) is 0 Å². The number of hydrogen-bond acceptors (Lipinski definition) is 4. The maximum Gasteiger partial charge on any atom is 0.244 e. The van der Waals surface area contributed by atoms with E-state index >= 15 is 0 Å². The lowest BCUT2D eigenvalue weighted by atomic mass is 9.89. The number of sulfonamides is 1. The predicted molar refractivity (Wildman–Crippen MR) is 76.5 cm³/mol. The van der Waals surface area contributed by atoms with Crippen molar-refractivity contribution in [1.29, 1.82) is 0 Å². The number of amides is 1.